The first-order valence-corrected chi connectivity index (χ1v) is 3.01. The van der Waals surface area contributed by atoms with Crippen LogP contribution in [0.1, 0.15) is 13.8 Å². The molecule has 0 atom stereocenters. The molecule has 0 radical (unpaired) electrons. The van der Waals surface area contributed by atoms with E-state index < -0.39 is 0 Å². The Bertz CT molecular complexity index is 224. The van der Waals surface area contributed by atoms with Gasteiger partial charge in [0.15, 0.2) is 0 Å². The summed E-state index contributed by atoms with van der Waals surface area (Å²) in [5.41, 5.74) is 9.90. The van der Waals surface area contributed by atoms with Gasteiger partial charge in [-0.05, 0) is 19.9 Å². The Morgan fingerprint density at radius 3 is 2.90 bits per heavy atom. The molecular formula is C6H10N4. The third-order valence-electron chi connectivity index (χ3n) is 1.06. The maximum atomic E-state index is 5.35. The highest BCUT2D eigenvalue weighted by atomic mass is 15.3. The van der Waals surface area contributed by atoms with E-state index in [-0.39, 0.29) is 5.96 Å². The molecule has 4 nitrogen and oxygen atoms in total. The fourth-order valence-corrected chi connectivity index (χ4v) is 0.729. The Kier molecular flexibility index (Phi) is 1.71. The maximum Gasteiger partial charge on any atom is 0.237 e. The monoisotopic (exact) mass is 138 g/mol. The van der Waals surface area contributed by atoms with Gasteiger partial charge in [-0.3, -0.25) is 5.43 Å². The summed E-state index contributed by atoms with van der Waals surface area (Å²) in [6, 6.07) is 0. The van der Waals surface area contributed by atoms with Crippen LogP contribution in [-0.4, -0.2) is 11.7 Å². The molecule has 0 fully saturated rings. The molecule has 3 N–H and O–H groups in total. The van der Waals surface area contributed by atoms with Gasteiger partial charge >= 0.3 is 0 Å². The predicted octanol–water partition coefficient (Wildman–Crippen LogP) is 0.184. The maximum absolute atomic E-state index is 5.35. The smallest absolute Gasteiger partial charge is 0.237 e. The summed E-state index contributed by atoms with van der Waals surface area (Å²) >= 11 is 0. The Labute approximate surface area is 59.5 Å². The van der Waals surface area contributed by atoms with Gasteiger partial charge in [-0.15, -0.1) is 5.10 Å². The molecule has 1 heterocycles. The van der Waals surface area contributed by atoms with E-state index in [2.05, 4.69) is 15.5 Å². The van der Waals surface area contributed by atoms with Crippen molar-refractivity contribution in [2.24, 2.45) is 15.8 Å². The molecule has 10 heavy (non-hydrogen) atoms. The molecule has 1 rings (SSSR count). The number of aliphatic imine (C=N–C) groups is 1. The van der Waals surface area contributed by atoms with Gasteiger partial charge in [0, 0.05) is 11.4 Å². The second kappa shape index (κ2) is 2.51. The van der Waals surface area contributed by atoms with Gasteiger partial charge in [0.05, 0.1) is 0 Å². The molecule has 54 valence electrons. The Balaban J connectivity index is 2.90. The van der Waals surface area contributed by atoms with E-state index in [0.717, 1.165) is 11.4 Å². The van der Waals surface area contributed by atoms with E-state index in [4.69, 9.17) is 5.73 Å². The lowest BCUT2D eigenvalue weighted by molar-refractivity contribution is 0.887. The lowest BCUT2D eigenvalue weighted by atomic mass is 10.3. The van der Waals surface area contributed by atoms with Crippen LogP contribution >= 0.6 is 0 Å². The third-order valence-corrected chi connectivity index (χ3v) is 1.06. The second-order valence-corrected chi connectivity index (χ2v) is 2.16. The van der Waals surface area contributed by atoms with E-state index in [1.807, 2.05) is 19.9 Å². The highest BCUT2D eigenvalue weighted by molar-refractivity contribution is 6.02. The van der Waals surface area contributed by atoms with Gasteiger partial charge in [-0.2, -0.15) is 0 Å². The van der Waals surface area contributed by atoms with Gasteiger partial charge in [0.1, 0.15) is 0 Å². The first kappa shape index (κ1) is 6.80. The van der Waals surface area contributed by atoms with Gasteiger partial charge in [-0.1, -0.05) is 0 Å². The van der Waals surface area contributed by atoms with Crippen molar-refractivity contribution in [2.75, 3.05) is 0 Å². The lowest BCUT2D eigenvalue weighted by Gasteiger charge is -1.93. The summed E-state index contributed by atoms with van der Waals surface area (Å²) in [5.74, 6) is 0.269. The van der Waals surface area contributed by atoms with Crippen molar-refractivity contribution in [3.8, 4) is 0 Å². The van der Waals surface area contributed by atoms with Crippen molar-refractivity contribution in [1.29, 1.82) is 0 Å². The lowest BCUT2D eigenvalue weighted by Crippen LogP contribution is -2.12. The first-order chi connectivity index (χ1) is 4.68. The van der Waals surface area contributed by atoms with Crippen LogP contribution in [0.2, 0.25) is 0 Å². The Hall–Kier alpha value is -1.32. The molecule has 0 saturated heterocycles. The van der Waals surface area contributed by atoms with Gasteiger partial charge in [0.2, 0.25) is 5.96 Å². The van der Waals surface area contributed by atoms with Crippen molar-refractivity contribution >= 4 is 11.7 Å². The molecule has 0 unspecified atom stereocenters. The molecule has 0 aromatic heterocycles. The summed E-state index contributed by atoms with van der Waals surface area (Å²) < 4.78 is 0. The molecule has 0 aliphatic carbocycles. The van der Waals surface area contributed by atoms with Crippen molar-refractivity contribution in [3.63, 3.8) is 0 Å². The van der Waals surface area contributed by atoms with Crippen LogP contribution in [0.5, 0.6) is 0 Å². The highest BCUT2D eigenvalue weighted by Crippen LogP contribution is 1.93. The van der Waals surface area contributed by atoms with Gasteiger partial charge in [-0.25, -0.2) is 4.99 Å². The molecular weight excluding hydrogens is 128 g/mol. The van der Waals surface area contributed by atoms with Crippen LogP contribution in [0.25, 0.3) is 0 Å². The number of hydrazone groups is 1. The van der Waals surface area contributed by atoms with Crippen LogP contribution in [-0.2, 0) is 0 Å². The van der Waals surface area contributed by atoms with Crippen LogP contribution in [0, 0.1) is 0 Å². The van der Waals surface area contributed by atoms with E-state index in [0.29, 0.717) is 0 Å². The number of hydrogen-bond donors (Lipinski definition) is 2. The second-order valence-electron chi connectivity index (χ2n) is 2.16. The van der Waals surface area contributed by atoms with Crippen LogP contribution < -0.4 is 11.2 Å². The van der Waals surface area contributed by atoms with Crippen molar-refractivity contribution in [2.45, 2.75) is 13.8 Å². The SMILES string of the molecule is CC1=CC(C)=NC(N)=NN1. The fourth-order valence-electron chi connectivity index (χ4n) is 0.729. The molecule has 0 aromatic carbocycles. The molecule has 0 aromatic rings. The molecule has 1 aliphatic rings. The minimum absolute atomic E-state index is 0.269. The number of allylic oxidation sites excluding steroid dienone is 2. The largest absolute Gasteiger partial charge is 0.367 e. The van der Waals surface area contributed by atoms with E-state index in [9.17, 15) is 0 Å². The minimum Gasteiger partial charge on any atom is -0.367 e. The van der Waals surface area contributed by atoms with Crippen LogP contribution in [0.15, 0.2) is 21.9 Å². The highest BCUT2D eigenvalue weighted by Gasteiger charge is 1.96. The summed E-state index contributed by atoms with van der Waals surface area (Å²) in [6.45, 7) is 3.78. The zero-order valence-electron chi connectivity index (χ0n) is 6.05. The number of hydrogen-bond acceptors (Lipinski definition) is 4. The van der Waals surface area contributed by atoms with Crippen molar-refractivity contribution in [1.82, 2.24) is 5.43 Å². The van der Waals surface area contributed by atoms with Crippen LogP contribution in [0.3, 0.4) is 0 Å². The molecule has 0 amide bonds. The Morgan fingerprint density at radius 1 is 1.50 bits per heavy atom. The zero-order valence-corrected chi connectivity index (χ0v) is 6.05. The van der Waals surface area contributed by atoms with Gasteiger partial charge in [0.25, 0.3) is 0 Å². The predicted molar refractivity (Wildman–Crippen MR) is 41.6 cm³/mol. The Morgan fingerprint density at radius 2 is 2.20 bits per heavy atom. The van der Waals surface area contributed by atoms with Gasteiger partial charge < -0.3 is 5.73 Å². The summed E-state index contributed by atoms with van der Waals surface area (Å²) in [5, 5.41) is 3.74. The van der Waals surface area contributed by atoms with Crippen molar-refractivity contribution < 1.29 is 0 Å². The zero-order chi connectivity index (χ0) is 7.56. The normalized spacial score (nSPS) is 18.0. The number of guanidine groups is 1. The molecule has 0 spiro atoms. The number of nitrogens with two attached hydrogens (primary N) is 1. The van der Waals surface area contributed by atoms with Crippen molar-refractivity contribution in [3.05, 3.63) is 11.8 Å². The summed E-state index contributed by atoms with van der Waals surface area (Å²) in [7, 11) is 0. The summed E-state index contributed by atoms with van der Waals surface area (Å²) in [6.07, 6.45) is 1.88. The minimum atomic E-state index is 0.269. The topological polar surface area (TPSA) is 62.8 Å². The number of nitrogens with zero attached hydrogens (tertiary/aromatic N) is 2. The molecule has 4 heteroatoms. The summed E-state index contributed by atoms with van der Waals surface area (Å²) in [4.78, 5) is 3.93. The van der Waals surface area contributed by atoms with E-state index >= 15 is 0 Å². The fraction of sp³-hybridized carbons (Fsp3) is 0.333. The third kappa shape index (κ3) is 1.58. The van der Waals surface area contributed by atoms with E-state index in [1.54, 1.807) is 0 Å². The van der Waals surface area contributed by atoms with E-state index in [1.165, 1.54) is 0 Å². The molecule has 0 bridgehead atoms. The average Bonchev–Trinajstić information content (AvgIpc) is 1.93. The number of nitrogens with one attached hydrogen (secondary N) is 1. The average molecular weight is 138 g/mol. The molecule has 1 aliphatic heterocycles. The standard InChI is InChI=1S/C6H10N4/c1-4-3-5(2)9-10-6(7)8-4/h3,9H,1-2H3,(H2,7,10). The molecule has 0 saturated carbocycles. The first-order valence-electron chi connectivity index (χ1n) is 3.01. The van der Waals surface area contributed by atoms with Crippen LogP contribution in [0.4, 0.5) is 0 Å². The number of rotatable bonds is 0. The quantitative estimate of drug-likeness (QED) is 0.501.